The molecule has 3 N–H and O–H groups in total. The number of hydrogen-bond donors (Lipinski definition) is 3. The molecule has 1 radical (unpaired) electrons. The van der Waals surface area contributed by atoms with Crippen LogP contribution < -0.4 is 0 Å². The highest BCUT2D eigenvalue weighted by atomic mass is 32.2. The Bertz CT molecular complexity index is 167. The molecule has 0 atom stereocenters. The average Bonchev–Trinajstić information content (AvgIpc) is 1.87. The van der Waals surface area contributed by atoms with Gasteiger partial charge in [0.05, 0.1) is 5.75 Å². The first-order valence-corrected chi connectivity index (χ1v) is 5.14. The summed E-state index contributed by atoms with van der Waals surface area (Å²) in [5.74, 6) is -0.0964. The van der Waals surface area contributed by atoms with E-state index in [0.29, 0.717) is 6.42 Å². The highest BCUT2D eigenvalue weighted by molar-refractivity contribution is 7.85. The molecule has 12 heavy (non-hydrogen) atoms. The van der Waals surface area contributed by atoms with Crippen molar-refractivity contribution in [1.29, 1.82) is 0 Å². The maximum Gasteiger partial charge on any atom is 0.482 e. The van der Waals surface area contributed by atoms with Crippen LogP contribution in [0.25, 0.3) is 0 Å². The zero-order valence-corrected chi connectivity index (χ0v) is 7.79. The van der Waals surface area contributed by atoms with Crippen molar-refractivity contribution >= 4 is 17.8 Å². The van der Waals surface area contributed by atoms with Gasteiger partial charge in [0, 0.05) is 0 Å². The lowest BCUT2D eigenvalue weighted by atomic mass is 10.3. The molecule has 7 heteroatoms. The van der Waals surface area contributed by atoms with Gasteiger partial charge in [-0.3, -0.25) is 4.55 Å². The molecule has 0 fully saturated rings. The monoisotopic (exact) mass is 197 g/mol. The molecule has 0 saturated carbocycles. The van der Waals surface area contributed by atoms with Gasteiger partial charge in [-0.2, -0.15) is 8.42 Å². The topological polar surface area (TPSA) is 94.8 Å². The van der Waals surface area contributed by atoms with E-state index in [4.69, 9.17) is 14.6 Å². The number of hydrogen-bond acceptors (Lipinski definition) is 4. The largest absolute Gasteiger partial charge is 0.482 e. The van der Waals surface area contributed by atoms with Crippen molar-refractivity contribution in [3.8, 4) is 0 Å². The van der Waals surface area contributed by atoms with Crippen LogP contribution in [0.3, 0.4) is 0 Å². The van der Waals surface area contributed by atoms with E-state index in [1.54, 1.807) is 0 Å². The minimum Gasteiger partial charge on any atom is -0.429 e. The fourth-order valence-corrected chi connectivity index (χ4v) is 1.10. The lowest BCUT2D eigenvalue weighted by Crippen LogP contribution is -2.02. The molecule has 0 aromatic heterocycles. The van der Waals surface area contributed by atoms with Gasteiger partial charge in [-0.15, -0.1) is 0 Å². The molecule has 0 aliphatic rings. The minimum absolute atomic E-state index is 0. The van der Waals surface area contributed by atoms with Crippen LogP contribution in [-0.2, 0) is 10.1 Å². The van der Waals surface area contributed by atoms with Gasteiger partial charge in [0.1, 0.15) is 0 Å². The zero-order chi connectivity index (χ0) is 10.0. The van der Waals surface area contributed by atoms with Crippen LogP contribution in [0, 0.1) is 0 Å². The zero-order valence-electron chi connectivity index (χ0n) is 6.97. The van der Waals surface area contributed by atoms with Gasteiger partial charge in [0.25, 0.3) is 10.1 Å². The van der Waals surface area contributed by atoms with Crippen molar-refractivity contribution in [2.45, 2.75) is 26.2 Å². The van der Waals surface area contributed by atoms with Gasteiger partial charge >= 0.3 is 7.69 Å². The molecule has 0 aromatic rings. The number of unbranched alkanes of at least 4 members (excludes halogenated alkanes) is 2. The molecule has 5 nitrogen and oxygen atoms in total. The van der Waals surface area contributed by atoms with Crippen molar-refractivity contribution in [2.24, 2.45) is 0 Å². The third-order valence-corrected chi connectivity index (χ3v) is 1.81. The minimum atomic E-state index is -3.70. The van der Waals surface area contributed by atoms with Gasteiger partial charge in [0.2, 0.25) is 0 Å². The molecule has 0 amide bonds. The van der Waals surface area contributed by atoms with E-state index in [-0.39, 0.29) is 13.4 Å². The Morgan fingerprint density at radius 1 is 1.25 bits per heavy atom. The van der Waals surface area contributed by atoms with Crippen LogP contribution in [-0.4, -0.2) is 36.5 Å². The maximum absolute atomic E-state index is 10.1. The molecule has 0 bridgehead atoms. The fraction of sp³-hybridized carbons (Fsp3) is 1.00. The Morgan fingerprint density at radius 2 is 1.67 bits per heavy atom. The first kappa shape index (κ1) is 14.4. The first-order chi connectivity index (χ1) is 5.47. The third-order valence-electron chi connectivity index (χ3n) is 1.01. The summed E-state index contributed by atoms with van der Waals surface area (Å²) in [7, 11) is -3.70. The second-order valence-corrected chi connectivity index (χ2v) is 3.68. The second kappa shape index (κ2) is 8.99. The Hall–Kier alpha value is -0.105. The highest BCUT2D eigenvalue weighted by Gasteiger charge is 2.01. The van der Waals surface area contributed by atoms with Gasteiger partial charge in [-0.1, -0.05) is 19.8 Å². The molecule has 0 aliphatic heterocycles. The lowest BCUT2D eigenvalue weighted by molar-refractivity contribution is 0.448. The predicted octanol–water partition coefficient (Wildman–Crippen LogP) is -0.430. The molecule has 73 valence electrons. The normalized spacial score (nSPS) is 10.0. The molecule has 0 spiro atoms. The Balaban J connectivity index is 0. The summed E-state index contributed by atoms with van der Waals surface area (Å²) in [5, 5.41) is 14.0. The van der Waals surface area contributed by atoms with Gasteiger partial charge in [-0.05, 0) is 6.42 Å². The molecule has 0 saturated heterocycles. The maximum atomic E-state index is 10.1. The standard InChI is InChI=1S/C5H12O3S.BH2O2/c1-2-3-4-5-9(6,7)8;2-1-3/h2-5H2,1H3,(H,6,7,8);2-3H. The molecule has 0 heterocycles. The second-order valence-electron chi connectivity index (χ2n) is 2.11. The summed E-state index contributed by atoms with van der Waals surface area (Å²) in [4.78, 5) is 0. The molecular weight excluding hydrogens is 183 g/mol. The summed E-state index contributed by atoms with van der Waals surface area (Å²) in [6.07, 6.45) is 2.39. The first-order valence-electron chi connectivity index (χ1n) is 3.53. The van der Waals surface area contributed by atoms with E-state index in [0.717, 1.165) is 12.8 Å². The lowest BCUT2D eigenvalue weighted by Gasteiger charge is -1.92. The Morgan fingerprint density at radius 3 is 1.92 bits per heavy atom. The summed E-state index contributed by atoms with van der Waals surface area (Å²) in [6.45, 7) is 1.98. The summed E-state index contributed by atoms with van der Waals surface area (Å²) >= 11 is 0. The Kier molecular flexibility index (Phi) is 10.8. The third kappa shape index (κ3) is 22.5. The highest BCUT2D eigenvalue weighted by Crippen LogP contribution is 1.96. The quantitative estimate of drug-likeness (QED) is 0.323. The molecule has 0 aliphatic carbocycles. The van der Waals surface area contributed by atoms with Crippen LogP contribution in [0.4, 0.5) is 0 Å². The van der Waals surface area contributed by atoms with E-state index in [1.165, 1.54) is 0 Å². The van der Waals surface area contributed by atoms with E-state index >= 15 is 0 Å². The van der Waals surface area contributed by atoms with Crippen molar-refractivity contribution in [3.63, 3.8) is 0 Å². The van der Waals surface area contributed by atoms with Crippen LogP contribution in [0.1, 0.15) is 26.2 Å². The van der Waals surface area contributed by atoms with Crippen molar-refractivity contribution in [3.05, 3.63) is 0 Å². The van der Waals surface area contributed by atoms with Crippen LogP contribution in [0.15, 0.2) is 0 Å². The Labute approximate surface area is 73.5 Å². The fourth-order valence-electron chi connectivity index (χ4n) is 0.534. The van der Waals surface area contributed by atoms with E-state index < -0.39 is 10.1 Å². The average molecular weight is 197 g/mol. The molecule has 0 aromatic carbocycles. The number of rotatable bonds is 4. The molecule has 0 rings (SSSR count). The van der Waals surface area contributed by atoms with Gasteiger partial charge in [-0.25, -0.2) is 0 Å². The van der Waals surface area contributed by atoms with Crippen LogP contribution >= 0.6 is 0 Å². The van der Waals surface area contributed by atoms with Crippen LogP contribution in [0.2, 0.25) is 0 Å². The van der Waals surface area contributed by atoms with Crippen LogP contribution in [0.5, 0.6) is 0 Å². The van der Waals surface area contributed by atoms with E-state index in [1.807, 2.05) is 6.92 Å². The van der Waals surface area contributed by atoms with E-state index in [2.05, 4.69) is 0 Å². The van der Waals surface area contributed by atoms with E-state index in [9.17, 15) is 8.42 Å². The molecular formula is C5H14BO5S. The summed E-state index contributed by atoms with van der Waals surface area (Å²) < 4.78 is 28.3. The smallest absolute Gasteiger partial charge is 0.429 e. The van der Waals surface area contributed by atoms with Crippen molar-refractivity contribution in [1.82, 2.24) is 0 Å². The van der Waals surface area contributed by atoms with Crippen molar-refractivity contribution in [2.75, 3.05) is 5.75 Å². The molecule has 0 unspecified atom stereocenters. The summed E-state index contributed by atoms with van der Waals surface area (Å²) in [5.41, 5.74) is 0. The predicted molar refractivity (Wildman–Crippen MR) is 46.1 cm³/mol. The van der Waals surface area contributed by atoms with Crippen molar-refractivity contribution < 1.29 is 23.0 Å². The van der Waals surface area contributed by atoms with Gasteiger partial charge < -0.3 is 10.0 Å². The van der Waals surface area contributed by atoms with Gasteiger partial charge in [0.15, 0.2) is 0 Å². The summed E-state index contributed by atoms with van der Waals surface area (Å²) in [6, 6.07) is 0. The SMILES string of the molecule is CCCCCS(=O)(=O)O.O[B]O.